The molecular formula is C21H20N4O2. The van der Waals surface area contributed by atoms with Crippen LogP contribution in [0.2, 0.25) is 0 Å². The summed E-state index contributed by atoms with van der Waals surface area (Å²) in [4.78, 5) is 4.13. The van der Waals surface area contributed by atoms with Crippen molar-refractivity contribution in [3.63, 3.8) is 0 Å². The largest absolute Gasteiger partial charge is 0.489 e. The van der Waals surface area contributed by atoms with Crippen LogP contribution in [0.15, 0.2) is 64.1 Å². The molecule has 3 aromatic rings. The first-order valence-electron chi connectivity index (χ1n) is 8.62. The molecule has 27 heavy (non-hydrogen) atoms. The zero-order valence-corrected chi connectivity index (χ0v) is 15.2. The summed E-state index contributed by atoms with van der Waals surface area (Å²) in [5.74, 6) is 1.64. The lowest BCUT2D eigenvalue weighted by Gasteiger charge is -2.06. The summed E-state index contributed by atoms with van der Waals surface area (Å²) in [6.07, 6.45) is 1.64. The normalized spacial score (nSPS) is 10.9. The van der Waals surface area contributed by atoms with Crippen LogP contribution in [0.3, 0.4) is 0 Å². The highest BCUT2D eigenvalue weighted by Gasteiger charge is 2.14. The van der Waals surface area contributed by atoms with E-state index in [1.165, 1.54) is 0 Å². The van der Waals surface area contributed by atoms with E-state index < -0.39 is 0 Å². The number of aromatic nitrogens is 1. The average molecular weight is 360 g/mol. The number of hydrogen-bond acceptors (Lipinski definition) is 6. The molecule has 0 radical (unpaired) electrons. The third-order valence-corrected chi connectivity index (χ3v) is 3.75. The van der Waals surface area contributed by atoms with E-state index in [0.29, 0.717) is 12.5 Å². The molecule has 0 fully saturated rings. The molecule has 0 unspecified atom stereocenters. The number of ether oxygens (including phenoxy) is 1. The van der Waals surface area contributed by atoms with Gasteiger partial charge in [0, 0.05) is 5.92 Å². The fourth-order valence-corrected chi connectivity index (χ4v) is 2.29. The molecule has 0 bridgehead atoms. The van der Waals surface area contributed by atoms with E-state index in [9.17, 15) is 0 Å². The number of hydrogen-bond donors (Lipinski definition) is 1. The molecule has 3 rings (SSSR count). The highest BCUT2D eigenvalue weighted by molar-refractivity contribution is 5.80. The fourth-order valence-electron chi connectivity index (χ4n) is 2.29. The Morgan fingerprint density at radius 2 is 1.93 bits per heavy atom. The second-order valence-electron chi connectivity index (χ2n) is 6.21. The fraction of sp³-hybridized carbons (Fsp3) is 0.190. The highest BCUT2D eigenvalue weighted by atomic mass is 16.5. The van der Waals surface area contributed by atoms with Gasteiger partial charge in [-0.3, -0.25) is 0 Å². The van der Waals surface area contributed by atoms with Crippen molar-refractivity contribution in [3.05, 3.63) is 77.3 Å². The van der Waals surface area contributed by atoms with Gasteiger partial charge in [-0.1, -0.05) is 44.2 Å². The van der Waals surface area contributed by atoms with Crippen molar-refractivity contribution in [1.29, 1.82) is 5.26 Å². The van der Waals surface area contributed by atoms with E-state index >= 15 is 0 Å². The lowest BCUT2D eigenvalue weighted by Crippen LogP contribution is -1.95. The molecule has 0 atom stereocenters. The maximum Gasteiger partial charge on any atom is 0.252 e. The topological polar surface area (TPSA) is 83.4 Å². The second kappa shape index (κ2) is 8.68. The van der Waals surface area contributed by atoms with Gasteiger partial charge in [-0.25, -0.2) is 10.4 Å². The van der Waals surface area contributed by atoms with Gasteiger partial charge in [0.05, 0.1) is 6.21 Å². The average Bonchev–Trinajstić information content (AvgIpc) is 3.12. The molecular weight excluding hydrogens is 340 g/mol. The standard InChI is InChI=1S/C21H20N4O2/c1-15(2)20-24-19(12-22)21(27-20)25-23-13-16-8-10-18(11-9-16)26-14-17-6-4-3-5-7-17/h3-11,13,15,25H,14H2,1-2H3/b23-13+. The third kappa shape index (κ3) is 4.95. The van der Waals surface area contributed by atoms with Gasteiger partial charge in [0.2, 0.25) is 11.6 Å². The van der Waals surface area contributed by atoms with Crippen LogP contribution in [0.5, 0.6) is 5.75 Å². The van der Waals surface area contributed by atoms with Crippen LogP contribution in [0.25, 0.3) is 0 Å². The van der Waals surface area contributed by atoms with Gasteiger partial charge >= 0.3 is 0 Å². The molecule has 0 aliphatic heterocycles. The highest BCUT2D eigenvalue weighted by Crippen LogP contribution is 2.22. The van der Waals surface area contributed by atoms with Crippen molar-refractivity contribution < 1.29 is 9.15 Å². The van der Waals surface area contributed by atoms with Crippen LogP contribution in [-0.4, -0.2) is 11.2 Å². The molecule has 6 heteroatoms. The molecule has 0 saturated heterocycles. The predicted octanol–water partition coefficient (Wildman–Crippen LogP) is 4.69. The molecule has 0 amide bonds. The predicted molar refractivity (Wildman–Crippen MR) is 104 cm³/mol. The minimum absolute atomic E-state index is 0.0973. The van der Waals surface area contributed by atoms with E-state index in [-0.39, 0.29) is 17.5 Å². The maximum atomic E-state index is 9.12. The van der Waals surface area contributed by atoms with Gasteiger partial charge in [-0.2, -0.15) is 10.4 Å². The van der Waals surface area contributed by atoms with E-state index in [0.717, 1.165) is 16.9 Å². The zero-order chi connectivity index (χ0) is 19.1. The smallest absolute Gasteiger partial charge is 0.252 e. The maximum absolute atomic E-state index is 9.12. The van der Waals surface area contributed by atoms with E-state index in [1.807, 2.05) is 74.5 Å². The zero-order valence-electron chi connectivity index (χ0n) is 15.2. The number of anilines is 1. The first-order chi connectivity index (χ1) is 13.2. The number of rotatable bonds is 7. The molecule has 0 aliphatic rings. The number of oxazole rings is 1. The second-order valence-corrected chi connectivity index (χ2v) is 6.21. The molecule has 136 valence electrons. The Balaban J connectivity index is 1.57. The number of nitriles is 1. The summed E-state index contributed by atoms with van der Waals surface area (Å²) in [5, 5.41) is 13.2. The van der Waals surface area contributed by atoms with Gasteiger partial charge < -0.3 is 9.15 Å². The molecule has 1 aromatic heterocycles. The van der Waals surface area contributed by atoms with Crippen molar-refractivity contribution in [3.8, 4) is 11.8 Å². The Hall–Kier alpha value is -3.59. The van der Waals surface area contributed by atoms with E-state index in [4.69, 9.17) is 14.4 Å². The third-order valence-electron chi connectivity index (χ3n) is 3.75. The Kier molecular flexibility index (Phi) is 5.85. The number of benzene rings is 2. The summed E-state index contributed by atoms with van der Waals surface area (Å²) in [6.45, 7) is 4.42. The van der Waals surface area contributed by atoms with Gasteiger partial charge in [-0.05, 0) is 35.4 Å². The molecule has 6 nitrogen and oxygen atoms in total. The quantitative estimate of drug-likeness (QED) is 0.488. The Bertz CT molecular complexity index is 939. The van der Waals surface area contributed by atoms with Crippen LogP contribution in [0.4, 0.5) is 5.88 Å². The Morgan fingerprint density at radius 3 is 2.59 bits per heavy atom. The molecule has 0 aliphatic carbocycles. The van der Waals surface area contributed by atoms with Crippen LogP contribution in [-0.2, 0) is 6.61 Å². The Morgan fingerprint density at radius 1 is 1.19 bits per heavy atom. The Labute approximate surface area is 158 Å². The minimum Gasteiger partial charge on any atom is -0.489 e. The van der Waals surface area contributed by atoms with E-state index in [2.05, 4.69) is 15.5 Å². The molecule has 1 N–H and O–H groups in total. The van der Waals surface area contributed by atoms with Crippen LogP contribution < -0.4 is 10.2 Å². The number of nitrogens with zero attached hydrogens (tertiary/aromatic N) is 3. The first-order valence-corrected chi connectivity index (χ1v) is 8.62. The number of hydrazone groups is 1. The summed E-state index contributed by atoms with van der Waals surface area (Å²) < 4.78 is 11.3. The molecule has 0 spiro atoms. The first kappa shape index (κ1) is 18.2. The van der Waals surface area contributed by atoms with Crippen molar-refractivity contribution in [2.45, 2.75) is 26.4 Å². The summed E-state index contributed by atoms with van der Waals surface area (Å²) in [6, 6.07) is 19.6. The lowest BCUT2D eigenvalue weighted by atomic mass is 10.2. The van der Waals surface area contributed by atoms with Crippen molar-refractivity contribution >= 4 is 12.1 Å². The van der Waals surface area contributed by atoms with Crippen molar-refractivity contribution in [1.82, 2.24) is 4.98 Å². The lowest BCUT2D eigenvalue weighted by molar-refractivity contribution is 0.306. The minimum atomic E-state index is 0.0973. The van der Waals surface area contributed by atoms with Gasteiger partial charge in [0.25, 0.3) is 5.88 Å². The van der Waals surface area contributed by atoms with Crippen LogP contribution in [0, 0.1) is 11.3 Å². The SMILES string of the molecule is CC(C)c1nc(C#N)c(N/N=C/c2ccc(OCc3ccccc3)cc2)o1. The van der Waals surface area contributed by atoms with Crippen LogP contribution >= 0.6 is 0 Å². The van der Waals surface area contributed by atoms with Gasteiger partial charge in [0.1, 0.15) is 18.4 Å². The van der Waals surface area contributed by atoms with Gasteiger partial charge in [0.15, 0.2) is 0 Å². The number of nitrogens with one attached hydrogen (secondary N) is 1. The summed E-state index contributed by atoms with van der Waals surface area (Å²) in [5.41, 5.74) is 4.94. The van der Waals surface area contributed by atoms with Crippen LogP contribution in [0.1, 0.15) is 42.5 Å². The van der Waals surface area contributed by atoms with Crippen molar-refractivity contribution in [2.75, 3.05) is 5.43 Å². The van der Waals surface area contributed by atoms with Crippen molar-refractivity contribution in [2.24, 2.45) is 5.10 Å². The monoisotopic (exact) mass is 360 g/mol. The van der Waals surface area contributed by atoms with E-state index in [1.54, 1.807) is 6.21 Å². The summed E-state index contributed by atoms with van der Waals surface area (Å²) in [7, 11) is 0. The molecule has 2 aromatic carbocycles. The summed E-state index contributed by atoms with van der Waals surface area (Å²) >= 11 is 0. The molecule has 0 saturated carbocycles. The van der Waals surface area contributed by atoms with Gasteiger partial charge in [-0.15, -0.1) is 0 Å². The molecule has 1 heterocycles.